The summed E-state index contributed by atoms with van der Waals surface area (Å²) in [6.07, 6.45) is 0.889. The Hall–Kier alpha value is -1.71. The van der Waals surface area contributed by atoms with Crippen molar-refractivity contribution < 1.29 is 4.79 Å². The Labute approximate surface area is 95.4 Å². The molecule has 86 valence electrons. The molecule has 16 heavy (non-hydrogen) atoms. The third-order valence-corrected chi connectivity index (χ3v) is 2.70. The standard InChI is InChI=1S/C12H17N3O/c1-2-13-12(16)15-10-7-9-5-3-4-6-11(9)14-8-10/h3-6,10,14H,2,7-8H2,1H3,(H2,13,15,16). The Bertz CT molecular complexity index is 378. The van der Waals surface area contributed by atoms with Gasteiger partial charge in [0, 0.05) is 18.8 Å². The average Bonchev–Trinajstić information content (AvgIpc) is 2.29. The second-order valence-corrected chi connectivity index (χ2v) is 3.94. The van der Waals surface area contributed by atoms with Crippen LogP contribution in [0.5, 0.6) is 0 Å². The molecule has 1 unspecified atom stereocenters. The number of nitrogens with one attached hydrogen (secondary N) is 3. The molecule has 0 saturated heterocycles. The Morgan fingerprint density at radius 2 is 2.31 bits per heavy atom. The number of para-hydroxylation sites is 1. The van der Waals surface area contributed by atoms with Crippen LogP contribution in [-0.2, 0) is 6.42 Å². The maximum Gasteiger partial charge on any atom is 0.315 e. The van der Waals surface area contributed by atoms with Crippen LogP contribution in [-0.4, -0.2) is 25.2 Å². The number of hydrogen-bond acceptors (Lipinski definition) is 2. The van der Waals surface area contributed by atoms with Crippen molar-refractivity contribution >= 4 is 11.7 Å². The summed E-state index contributed by atoms with van der Waals surface area (Å²) in [6, 6.07) is 8.28. The fourth-order valence-corrected chi connectivity index (χ4v) is 1.94. The van der Waals surface area contributed by atoms with Crippen LogP contribution in [0.25, 0.3) is 0 Å². The van der Waals surface area contributed by atoms with Crippen molar-refractivity contribution in [2.24, 2.45) is 0 Å². The summed E-state index contributed by atoms with van der Waals surface area (Å²) in [6.45, 7) is 3.35. The van der Waals surface area contributed by atoms with Gasteiger partial charge >= 0.3 is 6.03 Å². The first-order valence-electron chi connectivity index (χ1n) is 5.65. The van der Waals surface area contributed by atoms with Gasteiger partial charge in [-0.25, -0.2) is 4.79 Å². The minimum atomic E-state index is -0.0892. The number of carbonyl (C=O) groups excluding carboxylic acids is 1. The fourth-order valence-electron chi connectivity index (χ4n) is 1.94. The van der Waals surface area contributed by atoms with Crippen molar-refractivity contribution in [1.82, 2.24) is 10.6 Å². The Morgan fingerprint density at radius 1 is 1.50 bits per heavy atom. The SMILES string of the molecule is CCNC(=O)NC1CNc2ccccc2C1. The first-order valence-corrected chi connectivity index (χ1v) is 5.65. The molecule has 0 radical (unpaired) electrons. The summed E-state index contributed by atoms with van der Waals surface area (Å²) in [5, 5.41) is 9.00. The molecular formula is C12H17N3O. The van der Waals surface area contributed by atoms with Crippen LogP contribution in [0, 0.1) is 0 Å². The molecule has 0 bridgehead atoms. The van der Waals surface area contributed by atoms with Crippen molar-refractivity contribution in [1.29, 1.82) is 0 Å². The van der Waals surface area contributed by atoms with E-state index in [0.717, 1.165) is 13.0 Å². The van der Waals surface area contributed by atoms with Gasteiger partial charge in [0.1, 0.15) is 0 Å². The summed E-state index contributed by atoms with van der Waals surface area (Å²) < 4.78 is 0. The average molecular weight is 219 g/mol. The van der Waals surface area contributed by atoms with Gasteiger partial charge in [0.15, 0.2) is 0 Å². The molecule has 0 fully saturated rings. The molecule has 0 aromatic heterocycles. The van der Waals surface area contributed by atoms with Crippen LogP contribution in [0.1, 0.15) is 12.5 Å². The Kier molecular flexibility index (Phi) is 3.29. The molecule has 4 nitrogen and oxygen atoms in total. The summed E-state index contributed by atoms with van der Waals surface area (Å²) in [4.78, 5) is 11.4. The Balaban J connectivity index is 1.95. The zero-order valence-electron chi connectivity index (χ0n) is 9.42. The number of anilines is 1. The number of urea groups is 1. The number of benzene rings is 1. The van der Waals surface area contributed by atoms with Crippen LogP contribution >= 0.6 is 0 Å². The lowest BCUT2D eigenvalue weighted by Crippen LogP contribution is -2.47. The van der Waals surface area contributed by atoms with E-state index in [0.29, 0.717) is 6.54 Å². The van der Waals surface area contributed by atoms with Crippen molar-refractivity contribution in [3.63, 3.8) is 0 Å². The summed E-state index contributed by atoms with van der Waals surface area (Å²) in [5.41, 5.74) is 2.44. The monoisotopic (exact) mass is 219 g/mol. The minimum Gasteiger partial charge on any atom is -0.383 e. The summed E-state index contributed by atoms with van der Waals surface area (Å²) in [5.74, 6) is 0. The predicted molar refractivity (Wildman–Crippen MR) is 64.6 cm³/mol. The minimum absolute atomic E-state index is 0.0892. The maximum absolute atomic E-state index is 11.4. The molecule has 2 amide bonds. The van der Waals surface area contributed by atoms with E-state index in [4.69, 9.17) is 0 Å². The van der Waals surface area contributed by atoms with E-state index in [1.54, 1.807) is 0 Å². The van der Waals surface area contributed by atoms with Crippen LogP contribution in [0.4, 0.5) is 10.5 Å². The number of hydrogen-bond donors (Lipinski definition) is 3. The third kappa shape index (κ3) is 2.45. The topological polar surface area (TPSA) is 53.2 Å². The molecule has 1 aromatic carbocycles. The molecule has 0 saturated carbocycles. The molecule has 1 atom stereocenters. The van der Waals surface area contributed by atoms with Crippen LogP contribution in [0.15, 0.2) is 24.3 Å². The summed E-state index contributed by atoms with van der Waals surface area (Å²) in [7, 11) is 0. The van der Waals surface area contributed by atoms with Gasteiger partial charge in [0.2, 0.25) is 0 Å². The number of rotatable bonds is 2. The van der Waals surface area contributed by atoms with Crippen molar-refractivity contribution in [3.8, 4) is 0 Å². The van der Waals surface area contributed by atoms with Gasteiger partial charge in [-0.05, 0) is 25.0 Å². The van der Waals surface area contributed by atoms with Gasteiger partial charge in [0.05, 0.1) is 6.04 Å². The van der Waals surface area contributed by atoms with Gasteiger partial charge in [-0.1, -0.05) is 18.2 Å². The van der Waals surface area contributed by atoms with Crippen LogP contribution in [0.2, 0.25) is 0 Å². The van der Waals surface area contributed by atoms with Gasteiger partial charge < -0.3 is 16.0 Å². The lowest BCUT2D eigenvalue weighted by molar-refractivity contribution is 0.237. The highest BCUT2D eigenvalue weighted by Gasteiger charge is 2.18. The highest BCUT2D eigenvalue weighted by atomic mass is 16.2. The van der Waals surface area contributed by atoms with Gasteiger partial charge in [-0.15, -0.1) is 0 Å². The van der Waals surface area contributed by atoms with Crippen molar-refractivity contribution in [3.05, 3.63) is 29.8 Å². The van der Waals surface area contributed by atoms with Crippen molar-refractivity contribution in [2.45, 2.75) is 19.4 Å². The van der Waals surface area contributed by atoms with E-state index in [1.165, 1.54) is 11.3 Å². The number of fused-ring (bicyclic) bond motifs is 1. The number of carbonyl (C=O) groups is 1. The molecule has 2 rings (SSSR count). The lowest BCUT2D eigenvalue weighted by Gasteiger charge is -2.26. The van der Waals surface area contributed by atoms with E-state index in [2.05, 4.69) is 28.1 Å². The largest absolute Gasteiger partial charge is 0.383 e. The van der Waals surface area contributed by atoms with E-state index in [-0.39, 0.29) is 12.1 Å². The zero-order valence-corrected chi connectivity index (χ0v) is 9.42. The quantitative estimate of drug-likeness (QED) is 0.703. The van der Waals surface area contributed by atoms with E-state index in [9.17, 15) is 4.79 Å². The highest BCUT2D eigenvalue weighted by molar-refractivity contribution is 5.74. The third-order valence-electron chi connectivity index (χ3n) is 2.70. The molecule has 3 N–H and O–H groups in total. The number of amides is 2. The molecule has 0 spiro atoms. The second kappa shape index (κ2) is 4.88. The lowest BCUT2D eigenvalue weighted by atomic mass is 10.00. The highest BCUT2D eigenvalue weighted by Crippen LogP contribution is 2.20. The molecule has 1 heterocycles. The van der Waals surface area contributed by atoms with Gasteiger partial charge in [-0.2, -0.15) is 0 Å². The van der Waals surface area contributed by atoms with Crippen LogP contribution < -0.4 is 16.0 Å². The first-order chi connectivity index (χ1) is 7.79. The molecule has 1 aliphatic rings. The molecule has 4 heteroatoms. The second-order valence-electron chi connectivity index (χ2n) is 3.94. The summed E-state index contributed by atoms with van der Waals surface area (Å²) >= 11 is 0. The molecule has 0 aliphatic carbocycles. The van der Waals surface area contributed by atoms with Gasteiger partial charge in [0.25, 0.3) is 0 Å². The normalized spacial score (nSPS) is 18.2. The van der Waals surface area contributed by atoms with Crippen molar-refractivity contribution in [2.75, 3.05) is 18.4 Å². The Morgan fingerprint density at radius 3 is 3.12 bits per heavy atom. The molecular weight excluding hydrogens is 202 g/mol. The maximum atomic E-state index is 11.4. The fraction of sp³-hybridized carbons (Fsp3) is 0.417. The predicted octanol–water partition coefficient (Wildman–Crippen LogP) is 1.34. The molecule has 1 aromatic rings. The van der Waals surface area contributed by atoms with E-state index < -0.39 is 0 Å². The van der Waals surface area contributed by atoms with E-state index in [1.807, 2.05) is 19.1 Å². The first kappa shape index (κ1) is 10.8. The van der Waals surface area contributed by atoms with Gasteiger partial charge in [-0.3, -0.25) is 0 Å². The van der Waals surface area contributed by atoms with Crippen LogP contribution in [0.3, 0.4) is 0 Å². The molecule has 1 aliphatic heterocycles. The smallest absolute Gasteiger partial charge is 0.315 e. The van der Waals surface area contributed by atoms with E-state index >= 15 is 0 Å². The zero-order chi connectivity index (χ0) is 11.4.